The summed E-state index contributed by atoms with van der Waals surface area (Å²) in [5.41, 5.74) is 3.77. The molecule has 1 N–H and O–H groups in total. The fraction of sp³-hybridized carbons (Fsp3) is 0.524. The largest absolute Gasteiger partial charge is 0.370 e. The van der Waals surface area contributed by atoms with E-state index in [9.17, 15) is 0 Å². The first-order chi connectivity index (χ1) is 13.1. The Kier molecular flexibility index (Phi) is 9.17. The van der Waals surface area contributed by atoms with E-state index in [2.05, 4.69) is 60.2 Å². The molecule has 5 nitrogen and oxygen atoms in total. The zero-order valence-corrected chi connectivity index (χ0v) is 20.3. The van der Waals surface area contributed by atoms with Crippen LogP contribution >= 0.6 is 35.3 Å². The number of rotatable bonds is 5. The van der Waals surface area contributed by atoms with Crippen molar-refractivity contribution in [3.05, 3.63) is 51.0 Å². The molecule has 0 bridgehead atoms. The van der Waals surface area contributed by atoms with Crippen molar-refractivity contribution < 1.29 is 4.74 Å². The Morgan fingerprint density at radius 1 is 1.36 bits per heavy atom. The van der Waals surface area contributed by atoms with Gasteiger partial charge in [0, 0.05) is 31.4 Å². The molecule has 2 heterocycles. The number of hydrogen-bond donors (Lipinski definition) is 1. The Balaban J connectivity index is 0.00000280. The number of thiazole rings is 1. The zero-order valence-electron chi connectivity index (χ0n) is 17.2. The molecule has 1 aromatic heterocycles. The average molecular weight is 514 g/mol. The Morgan fingerprint density at radius 3 is 2.82 bits per heavy atom. The molecule has 0 saturated carbocycles. The van der Waals surface area contributed by atoms with E-state index in [0.29, 0.717) is 6.61 Å². The van der Waals surface area contributed by atoms with E-state index in [0.717, 1.165) is 38.4 Å². The number of nitrogens with one attached hydrogen (secondary N) is 1. The van der Waals surface area contributed by atoms with Crippen LogP contribution < -0.4 is 5.32 Å². The number of nitrogens with zero attached hydrogens (tertiary/aromatic N) is 3. The molecule has 0 aliphatic carbocycles. The lowest BCUT2D eigenvalue weighted by Crippen LogP contribution is -2.48. The first-order valence-electron chi connectivity index (χ1n) is 9.70. The fourth-order valence-electron chi connectivity index (χ4n) is 3.51. The van der Waals surface area contributed by atoms with Crippen molar-refractivity contribution in [2.75, 3.05) is 33.3 Å². The van der Waals surface area contributed by atoms with Gasteiger partial charge in [0.25, 0.3) is 0 Å². The molecule has 1 fully saturated rings. The summed E-state index contributed by atoms with van der Waals surface area (Å²) in [7, 11) is 1.85. The van der Waals surface area contributed by atoms with Gasteiger partial charge in [-0.15, -0.1) is 35.3 Å². The van der Waals surface area contributed by atoms with E-state index in [1.54, 1.807) is 0 Å². The Hall–Kier alpha value is -1.19. The highest BCUT2D eigenvalue weighted by molar-refractivity contribution is 14.0. The number of aryl methyl sites for hydroxylation is 3. The molecule has 0 amide bonds. The topological polar surface area (TPSA) is 49.8 Å². The van der Waals surface area contributed by atoms with Gasteiger partial charge >= 0.3 is 0 Å². The fourth-order valence-corrected chi connectivity index (χ4v) is 4.54. The molecule has 2 aromatic rings. The Labute approximate surface area is 189 Å². The van der Waals surface area contributed by atoms with Crippen LogP contribution in [0, 0.1) is 13.8 Å². The number of hydrogen-bond acceptors (Lipinski definition) is 4. The molecule has 3 rings (SSSR count). The number of aliphatic imine (C=N–C) groups is 1. The molecule has 0 radical (unpaired) electrons. The van der Waals surface area contributed by atoms with Crippen molar-refractivity contribution in [1.82, 2.24) is 15.2 Å². The van der Waals surface area contributed by atoms with E-state index >= 15 is 0 Å². The summed E-state index contributed by atoms with van der Waals surface area (Å²) in [5, 5.41) is 4.71. The van der Waals surface area contributed by atoms with Crippen LogP contribution in [0.2, 0.25) is 0 Å². The second-order valence-electron chi connectivity index (χ2n) is 6.85. The molecule has 1 saturated heterocycles. The third-order valence-electron chi connectivity index (χ3n) is 5.01. The zero-order chi connectivity index (χ0) is 19.2. The highest BCUT2D eigenvalue weighted by atomic mass is 127. The first kappa shape index (κ1) is 23.1. The van der Waals surface area contributed by atoms with Crippen LogP contribution in [0.4, 0.5) is 0 Å². The van der Waals surface area contributed by atoms with Crippen molar-refractivity contribution in [2.24, 2.45) is 4.99 Å². The monoisotopic (exact) mass is 514 g/mol. The quantitative estimate of drug-likeness (QED) is 0.371. The summed E-state index contributed by atoms with van der Waals surface area (Å²) in [6, 6.07) is 8.46. The van der Waals surface area contributed by atoms with Gasteiger partial charge in [0.2, 0.25) is 0 Å². The molecule has 0 spiro atoms. The summed E-state index contributed by atoms with van der Waals surface area (Å²) in [4.78, 5) is 12.9. The van der Waals surface area contributed by atoms with Gasteiger partial charge in [0.05, 0.1) is 23.9 Å². The molecule has 1 aliphatic heterocycles. The maximum atomic E-state index is 6.04. The van der Waals surface area contributed by atoms with Gasteiger partial charge in [0.1, 0.15) is 6.10 Å². The average Bonchev–Trinajstić information content (AvgIpc) is 3.05. The van der Waals surface area contributed by atoms with Crippen LogP contribution in [0.1, 0.15) is 39.7 Å². The SMILES string of the molecule is CCc1nc(CCNC(=NC)N2CCOC(c3ccccc3C)C2)sc1C.I. The summed E-state index contributed by atoms with van der Waals surface area (Å²) in [6.45, 7) is 9.70. The van der Waals surface area contributed by atoms with Gasteiger partial charge in [0.15, 0.2) is 5.96 Å². The minimum Gasteiger partial charge on any atom is -0.370 e. The van der Waals surface area contributed by atoms with E-state index in [1.165, 1.54) is 26.7 Å². The maximum Gasteiger partial charge on any atom is 0.193 e. The van der Waals surface area contributed by atoms with Crippen molar-refractivity contribution in [3.63, 3.8) is 0 Å². The molecule has 1 aromatic carbocycles. The van der Waals surface area contributed by atoms with Gasteiger partial charge in [-0.2, -0.15) is 0 Å². The predicted molar refractivity (Wildman–Crippen MR) is 128 cm³/mol. The van der Waals surface area contributed by atoms with Crippen LogP contribution in [-0.2, 0) is 17.6 Å². The van der Waals surface area contributed by atoms with E-state index < -0.39 is 0 Å². The van der Waals surface area contributed by atoms with Gasteiger partial charge in [-0.1, -0.05) is 31.2 Å². The lowest BCUT2D eigenvalue weighted by atomic mass is 10.0. The highest BCUT2D eigenvalue weighted by Gasteiger charge is 2.25. The normalized spacial score (nSPS) is 17.4. The number of halogens is 1. The van der Waals surface area contributed by atoms with Gasteiger partial charge < -0.3 is 15.0 Å². The summed E-state index contributed by atoms with van der Waals surface area (Å²) >= 11 is 1.81. The second kappa shape index (κ2) is 11.1. The second-order valence-corrected chi connectivity index (χ2v) is 8.14. The van der Waals surface area contributed by atoms with Crippen LogP contribution in [0.25, 0.3) is 0 Å². The number of benzene rings is 1. The minimum absolute atomic E-state index is 0. The summed E-state index contributed by atoms with van der Waals surface area (Å²) in [5.74, 6) is 0.945. The standard InChI is InChI=1S/C21H30N4OS.HI/c1-5-18-16(3)27-20(24-18)10-11-23-21(22-4)25-12-13-26-19(14-25)17-9-7-6-8-15(17)2;/h6-9,19H,5,10-14H2,1-4H3,(H,22,23);1H. The van der Waals surface area contributed by atoms with Crippen LogP contribution in [-0.4, -0.2) is 49.1 Å². The van der Waals surface area contributed by atoms with Crippen LogP contribution in [0.15, 0.2) is 29.3 Å². The first-order valence-corrected chi connectivity index (χ1v) is 10.5. The van der Waals surface area contributed by atoms with E-state index in [-0.39, 0.29) is 30.1 Å². The van der Waals surface area contributed by atoms with Crippen molar-refractivity contribution in [1.29, 1.82) is 0 Å². The van der Waals surface area contributed by atoms with Crippen molar-refractivity contribution in [2.45, 2.75) is 39.7 Å². The lowest BCUT2D eigenvalue weighted by molar-refractivity contribution is -0.00829. The smallest absolute Gasteiger partial charge is 0.193 e. The summed E-state index contributed by atoms with van der Waals surface area (Å²) in [6.07, 6.45) is 2.02. The van der Waals surface area contributed by atoms with E-state index in [1.807, 2.05) is 18.4 Å². The van der Waals surface area contributed by atoms with Gasteiger partial charge in [-0.25, -0.2) is 4.98 Å². The van der Waals surface area contributed by atoms with Crippen LogP contribution in [0.3, 0.4) is 0 Å². The van der Waals surface area contributed by atoms with Crippen LogP contribution in [0.5, 0.6) is 0 Å². The molecule has 1 atom stereocenters. The third-order valence-corrected chi connectivity index (χ3v) is 6.08. The minimum atomic E-state index is 0. The molecular formula is C21H31IN4OS. The number of ether oxygens (including phenoxy) is 1. The molecule has 1 aliphatic rings. The van der Waals surface area contributed by atoms with Gasteiger partial charge in [-0.05, 0) is 31.4 Å². The highest BCUT2D eigenvalue weighted by Crippen LogP contribution is 2.25. The molecular weight excluding hydrogens is 483 g/mol. The van der Waals surface area contributed by atoms with Crippen molar-refractivity contribution in [3.8, 4) is 0 Å². The van der Waals surface area contributed by atoms with Crippen molar-refractivity contribution >= 4 is 41.3 Å². The Bertz CT molecular complexity index is 792. The Morgan fingerprint density at radius 2 is 2.14 bits per heavy atom. The molecule has 154 valence electrons. The molecule has 28 heavy (non-hydrogen) atoms. The maximum absolute atomic E-state index is 6.04. The molecule has 7 heteroatoms. The predicted octanol–water partition coefficient (Wildman–Crippen LogP) is 4.13. The lowest BCUT2D eigenvalue weighted by Gasteiger charge is -2.35. The number of morpholine rings is 1. The number of aromatic nitrogens is 1. The molecule has 1 unspecified atom stereocenters. The number of guanidine groups is 1. The summed E-state index contributed by atoms with van der Waals surface area (Å²) < 4.78 is 6.04. The van der Waals surface area contributed by atoms with Gasteiger partial charge in [-0.3, -0.25) is 4.99 Å². The van der Waals surface area contributed by atoms with E-state index in [4.69, 9.17) is 9.72 Å². The third kappa shape index (κ3) is 5.67.